The molecular weight excluding hydrogens is 359 g/mol. The molecule has 1 saturated heterocycles. The highest BCUT2D eigenvalue weighted by Crippen LogP contribution is 2.34. The molecule has 0 spiro atoms. The normalized spacial score (nSPS) is 16.6. The fourth-order valence-corrected chi connectivity index (χ4v) is 2.65. The van der Waals surface area contributed by atoms with Crippen LogP contribution in [0.1, 0.15) is 23.3 Å². The zero-order chi connectivity index (χ0) is 18.0. The Morgan fingerprint density at radius 3 is 2.68 bits per heavy atom. The highest BCUT2D eigenvalue weighted by Gasteiger charge is 2.34. The van der Waals surface area contributed by atoms with Crippen molar-refractivity contribution < 1.29 is 18.0 Å². The average Bonchev–Trinajstić information content (AvgIpc) is 2.56. The summed E-state index contributed by atoms with van der Waals surface area (Å²) in [5, 5.41) is 2.46. The van der Waals surface area contributed by atoms with Crippen LogP contribution in [0.4, 0.5) is 24.5 Å². The standard InChI is InChI=1S/C15H13ClF3N5O/c16-14-20-4-1-9(23-14)13(25)22-10-8-21-12(17)7-11(10)24-5-2-15(18,19)3-6-24/h1,4,7-8H,2-3,5-6H2,(H,22,25). The van der Waals surface area contributed by atoms with Gasteiger partial charge in [0.1, 0.15) is 5.69 Å². The second kappa shape index (κ2) is 6.83. The quantitative estimate of drug-likeness (QED) is 0.663. The Balaban J connectivity index is 1.83. The smallest absolute Gasteiger partial charge is 0.274 e. The van der Waals surface area contributed by atoms with Crippen molar-refractivity contribution in [2.45, 2.75) is 18.8 Å². The molecule has 2 aromatic rings. The van der Waals surface area contributed by atoms with Gasteiger partial charge in [-0.1, -0.05) is 0 Å². The molecule has 1 N–H and O–H groups in total. The molecule has 6 nitrogen and oxygen atoms in total. The molecule has 3 heterocycles. The van der Waals surface area contributed by atoms with E-state index in [9.17, 15) is 18.0 Å². The number of rotatable bonds is 3. The number of piperidine rings is 1. The molecule has 10 heteroatoms. The van der Waals surface area contributed by atoms with E-state index in [1.807, 2.05) is 0 Å². The molecule has 132 valence electrons. The minimum Gasteiger partial charge on any atom is -0.369 e. The predicted octanol–water partition coefficient (Wildman–Crippen LogP) is 3.15. The van der Waals surface area contributed by atoms with Gasteiger partial charge in [-0.05, 0) is 17.7 Å². The van der Waals surface area contributed by atoms with Gasteiger partial charge < -0.3 is 10.2 Å². The van der Waals surface area contributed by atoms with Gasteiger partial charge in [0.25, 0.3) is 11.8 Å². The number of hydrogen-bond donors (Lipinski definition) is 1. The van der Waals surface area contributed by atoms with E-state index >= 15 is 0 Å². The van der Waals surface area contributed by atoms with Crippen LogP contribution in [0.2, 0.25) is 5.28 Å². The number of halogens is 4. The third-order valence-corrected chi connectivity index (χ3v) is 3.97. The van der Waals surface area contributed by atoms with E-state index in [1.54, 1.807) is 4.90 Å². The SMILES string of the molecule is O=C(Nc1cnc(F)cc1N1CCC(F)(F)CC1)c1ccnc(Cl)n1. The fourth-order valence-electron chi connectivity index (χ4n) is 2.50. The van der Waals surface area contributed by atoms with Gasteiger partial charge >= 0.3 is 0 Å². The number of anilines is 2. The lowest BCUT2D eigenvalue weighted by atomic mass is 10.1. The molecule has 2 aromatic heterocycles. The molecule has 0 unspecified atom stereocenters. The molecule has 0 atom stereocenters. The Morgan fingerprint density at radius 2 is 2.00 bits per heavy atom. The van der Waals surface area contributed by atoms with Gasteiger partial charge in [-0.25, -0.2) is 23.7 Å². The van der Waals surface area contributed by atoms with E-state index in [1.165, 1.54) is 12.3 Å². The van der Waals surface area contributed by atoms with Crippen LogP contribution >= 0.6 is 11.6 Å². The summed E-state index contributed by atoms with van der Waals surface area (Å²) in [4.78, 5) is 24.8. The van der Waals surface area contributed by atoms with Crippen LogP contribution in [0.25, 0.3) is 0 Å². The van der Waals surface area contributed by atoms with E-state index in [2.05, 4.69) is 20.3 Å². The second-order valence-corrected chi connectivity index (χ2v) is 5.87. The van der Waals surface area contributed by atoms with Gasteiger partial charge in [0.05, 0.1) is 17.6 Å². The van der Waals surface area contributed by atoms with Crippen molar-refractivity contribution in [2.24, 2.45) is 0 Å². The molecule has 1 amide bonds. The first-order valence-corrected chi connectivity index (χ1v) is 7.80. The van der Waals surface area contributed by atoms with E-state index in [-0.39, 0.29) is 48.3 Å². The van der Waals surface area contributed by atoms with Crippen molar-refractivity contribution >= 4 is 28.9 Å². The summed E-state index contributed by atoms with van der Waals surface area (Å²) in [6.07, 6.45) is 1.77. The molecule has 25 heavy (non-hydrogen) atoms. The monoisotopic (exact) mass is 371 g/mol. The van der Waals surface area contributed by atoms with E-state index < -0.39 is 17.8 Å². The van der Waals surface area contributed by atoms with Crippen LogP contribution in [0, 0.1) is 5.95 Å². The van der Waals surface area contributed by atoms with Gasteiger partial charge in [-0.15, -0.1) is 0 Å². The summed E-state index contributed by atoms with van der Waals surface area (Å²) in [6, 6.07) is 2.46. The number of carbonyl (C=O) groups is 1. The van der Waals surface area contributed by atoms with Crippen LogP contribution in [0.5, 0.6) is 0 Å². The molecule has 1 aliphatic rings. The molecular formula is C15H13ClF3N5O. The Morgan fingerprint density at radius 1 is 1.28 bits per heavy atom. The Labute approximate surface area is 146 Å². The second-order valence-electron chi connectivity index (χ2n) is 5.53. The first kappa shape index (κ1) is 17.4. The molecule has 0 radical (unpaired) electrons. The predicted molar refractivity (Wildman–Crippen MR) is 85.6 cm³/mol. The maximum absolute atomic E-state index is 13.5. The number of aromatic nitrogens is 3. The number of hydrogen-bond acceptors (Lipinski definition) is 5. The minimum absolute atomic E-state index is 0.0143. The Kier molecular flexibility index (Phi) is 4.76. The first-order valence-electron chi connectivity index (χ1n) is 7.42. The number of pyridine rings is 1. The number of nitrogens with one attached hydrogen (secondary N) is 1. The lowest BCUT2D eigenvalue weighted by Crippen LogP contribution is -2.39. The fraction of sp³-hybridized carbons (Fsp3) is 0.333. The van der Waals surface area contributed by atoms with Crippen molar-refractivity contribution in [1.29, 1.82) is 0 Å². The molecule has 0 aliphatic carbocycles. The highest BCUT2D eigenvalue weighted by molar-refractivity contribution is 6.28. The highest BCUT2D eigenvalue weighted by atomic mass is 35.5. The number of amides is 1. The minimum atomic E-state index is -2.73. The lowest BCUT2D eigenvalue weighted by Gasteiger charge is -2.34. The zero-order valence-corrected chi connectivity index (χ0v) is 13.6. The topological polar surface area (TPSA) is 71.0 Å². The molecule has 0 aromatic carbocycles. The molecule has 1 fully saturated rings. The van der Waals surface area contributed by atoms with Gasteiger partial charge in [-0.2, -0.15) is 4.39 Å². The van der Waals surface area contributed by atoms with Crippen LogP contribution in [-0.4, -0.2) is 39.9 Å². The van der Waals surface area contributed by atoms with E-state index in [4.69, 9.17) is 11.6 Å². The third kappa shape index (κ3) is 4.16. The zero-order valence-electron chi connectivity index (χ0n) is 12.8. The van der Waals surface area contributed by atoms with Crippen LogP contribution in [0.3, 0.4) is 0 Å². The summed E-state index contributed by atoms with van der Waals surface area (Å²) in [5.74, 6) is -4.10. The summed E-state index contributed by atoms with van der Waals surface area (Å²) >= 11 is 5.65. The maximum atomic E-state index is 13.5. The Bertz CT molecular complexity index is 794. The van der Waals surface area contributed by atoms with Gasteiger partial charge in [-0.3, -0.25) is 4.79 Å². The van der Waals surface area contributed by atoms with Crippen molar-refractivity contribution in [2.75, 3.05) is 23.3 Å². The number of alkyl halides is 2. The summed E-state index contributed by atoms with van der Waals surface area (Å²) in [7, 11) is 0. The molecule has 0 bridgehead atoms. The van der Waals surface area contributed by atoms with Crippen molar-refractivity contribution in [3.8, 4) is 0 Å². The van der Waals surface area contributed by atoms with Crippen molar-refractivity contribution in [3.05, 3.63) is 41.5 Å². The van der Waals surface area contributed by atoms with Crippen LogP contribution in [-0.2, 0) is 0 Å². The number of carbonyl (C=O) groups excluding carboxylic acids is 1. The van der Waals surface area contributed by atoms with Crippen molar-refractivity contribution in [1.82, 2.24) is 15.0 Å². The maximum Gasteiger partial charge on any atom is 0.274 e. The van der Waals surface area contributed by atoms with Crippen molar-refractivity contribution in [3.63, 3.8) is 0 Å². The van der Waals surface area contributed by atoms with Gasteiger partial charge in [0, 0.05) is 38.2 Å². The van der Waals surface area contributed by atoms with Gasteiger partial charge in [0.2, 0.25) is 11.2 Å². The first-order chi connectivity index (χ1) is 11.8. The molecule has 0 saturated carbocycles. The largest absolute Gasteiger partial charge is 0.369 e. The average molecular weight is 372 g/mol. The lowest BCUT2D eigenvalue weighted by molar-refractivity contribution is -0.0220. The van der Waals surface area contributed by atoms with Gasteiger partial charge in [0.15, 0.2) is 0 Å². The van der Waals surface area contributed by atoms with E-state index in [0.29, 0.717) is 0 Å². The Hall–Kier alpha value is -2.42. The summed E-state index contributed by atoms with van der Waals surface area (Å²) < 4.78 is 40.2. The summed E-state index contributed by atoms with van der Waals surface area (Å²) in [5.41, 5.74) is 0.503. The molecule has 3 rings (SSSR count). The van der Waals surface area contributed by atoms with Crippen LogP contribution < -0.4 is 10.2 Å². The third-order valence-electron chi connectivity index (χ3n) is 3.79. The molecule has 1 aliphatic heterocycles. The van der Waals surface area contributed by atoms with E-state index in [0.717, 1.165) is 12.3 Å². The summed E-state index contributed by atoms with van der Waals surface area (Å²) in [6.45, 7) is 0.0807. The number of nitrogens with zero attached hydrogens (tertiary/aromatic N) is 4. The van der Waals surface area contributed by atoms with Crippen LogP contribution in [0.15, 0.2) is 24.5 Å².